The Kier molecular flexibility index (Phi) is 4.05. The van der Waals surface area contributed by atoms with Crippen LogP contribution in [0.3, 0.4) is 0 Å². The molecule has 0 unspecified atom stereocenters. The molecule has 0 saturated carbocycles. The zero-order valence-corrected chi connectivity index (χ0v) is 8.16. The minimum Gasteiger partial charge on any atom is -0.424 e. The lowest BCUT2D eigenvalue weighted by Gasteiger charge is -2.03. The van der Waals surface area contributed by atoms with E-state index in [1.54, 1.807) is 0 Å². The summed E-state index contributed by atoms with van der Waals surface area (Å²) < 4.78 is 21.1. The van der Waals surface area contributed by atoms with E-state index in [0.717, 1.165) is 12.1 Å². The first kappa shape index (κ1) is 11.5. The van der Waals surface area contributed by atoms with E-state index in [9.17, 15) is 14.0 Å². The van der Waals surface area contributed by atoms with E-state index in [0.29, 0.717) is 0 Å². The molecule has 6 heteroatoms. The van der Waals surface area contributed by atoms with Crippen LogP contribution in [0.25, 0.3) is 0 Å². The fourth-order valence-corrected chi connectivity index (χ4v) is 0.843. The zero-order chi connectivity index (χ0) is 11.3. The fourth-order valence-electron chi connectivity index (χ4n) is 0.799. The molecule has 0 aliphatic heterocycles. The highest BCUT2D eigenvalue weighted by Crippen LogP contribution is 2.04. The monoisotopic (exact) mass is 232 g/mol. The normalized spacial score (nSPS) is 9.47. The largest absolute Gasteiger partial charge is 0.424 e. The van der Waals surface area contributed by atoms with Crippen LogP contribution in [0.4, 0.5) is 9.18 Å². The minimum atomic E-state index is -1.07. The lowest BCUT2D eigenvalue weighted by Crippen LogP contribution is -2.09. The van der Waals surface area contributed by atoms with Crippen molar-refractivity contribution in [3.8, 4) is 0 Å². The number of hydrogen-bond donors (Lipinski definition) is 0. The Morgan fingerprint density at radius 1 is 1.20 bits per heavy atom. The molecule has 0 saturated heterocycles. The first-order valence-electron chi connectivity index (χ1n) is 3.84. The van der Waals surface area contributed by atoms with Crippen molar-refractivity contribution >= 4 is 23.0 Å². The molecule has 0 bridgehead atoms. The zero-order valence-electron chi connectivity index (χ0n) is 7.41. The molecule has 0 heterocycles. The van der Waals surface area contributed by atoms with Gasteiger partial charge in [0.25, 0.3) is 0 Å². The van der Waals surface area contributed by atoms with Crippen LogP contribution in [0.5, 0.6) is 0 Å². The summed E-state index contributed by atoms with van der Waals surface area (Å²) in [6, 6.07) is 4.73. The molecule has 0 spiro atoms. The van der Waals surface area contributed by atoms with Crippen LogP contribution >= 0.6 is 11.6 Å². The van der Waals surface area contributed by atoms with Crippen molar-refractivity contribution in [2.75, 3.05) is 6.79 Å². The molecular weight excluding hydrogens is 227 g/mol. The first-order valence-corrected chi connectivity index (χ1v) is 4.22. The van der Waals surface area contributed by atoms with Gasteiger partial charge in [-0.15, -0.1) is 0 Å². The van der Waals surface area contributed by atoms with Crippen LogP contribution in [-0.2, 0) is 9.47 Å². The van der Waals surface area contributed by atoms with Crippen molar-refractivity contribution in [3.05, 3.63) is 35.6 Å². The van der Waals surface area contributed by atoms with Crippen LogP contribution in [0.15, 0.2) is 24.3 Å². The number of rotatable bonds is 3. The Bertz CT molecular complexity index is 363. The summed E-state index contributed by atoms with van der Waals surface area (Å²) in [6.45, 7) is -0.571. The van der Waals surface area contributed by atoms with E-state index in [-0.39, 0.29) is 5.56 Å². The Hall–Kier alpha value is -1.62. The van der Waals surface area contributed by atoms with Crippen LogP contribution in [0, 0.1) is 5.82 Å². The lowest BCUT2D eigenvalue weighted by atomic mass is 10.2. The minimum absolute atomic E-state index is 0.155. The average molecular weight is 233 g/mol. The van der Waals surface area contributed by atoms with Gasteiger partial charge in [-0.2, -0.15) is 0 Å². The standard InChI is InChI=1S/C9H6ClFO4/c10-9(13)15-5-14-8(12)6-1-3-7(11)4-2-6/h1-4H,5H2. The average Bonchev–Trinajstić information content (AvgIpc) is 2.18. The van der Waals surface area contributed by atoms with Crippen molar-refractivity contribution in [1.82, 2.24) is 0 Å². The number of ether oxygens (including phenoxy) is 2. The molecule has 1 aromatic carbocycles. The summed E-state index contributed by atoms with van der Waals surface area (Å²) in [5.41, 5.74) is -0.913. The summed E-state index contributed by atoms with van der Waals surface area (Å²) in [6.07, 6.45) is 0. The lowest BCUT2D eigenvalue weighted by molar-refractivity contribution is 0.00372. The van der Waals surface area contributed by atoms with Crippen molar-refractivity contribution in [3.63, 3.8) is 0 Å². The van der Waals surface area contributed by atoms with E-state index in [1.165, 1.54) is 12.1 Å². The van der Waals surface area contributed by atoms with Gasteiger partial charge < -0.3 is 9.47 Å². The third-order valence-corrected chi connectivity index (χ3v) is 1.55. The number of carbonyl (C=O) groups excluding carboxylic acids is 2. The molecule has 4 nitrogen and oxygen atoms in total. The number of esters is 1. The predicted octanol–water partition coefficient (Wildman–Crippen LogP) is 2.32. The van der Waals surface area contributed by atoms with Gasteiger partial charge in [0, 0.05) is 11.6 Å². The van der Waals surface area contributed by atoms with Gasteiger partial charge in [0.2, 0.25) is 6.79 Å². The van der Waals surface area contributed by atoms with Gasteiger partial charge in [-0.25, -0.2) is 14.0 Å². The first-order chi connectivity index (χ1) is 7.09. The van der Waals surface area contributed by atoms with E-state index >= 15 is 0 Å². The molecule has 15 heavy (non-hydrogen) atoms. The van der Waals surface area contributed by atoms with Gasteiger partial charge in [0.05, 0.1) is 5.56 Å². The Labute approximate surface area is 89.5 Å². The summed E-state index contributed by atoms with van der Waals surface area (Å²) in [4.78, 5) is 21.3. The van der Waals surface area contributed by atoms with Crippen LogP contribution in [0.2, 0.25) is 0 Å². The second kappa shape index (κ2) is 5.31. The van der Waals surface area contributed by atoms with Gasteiger partial charge in [0.1, 0.15) is 5.82 Å². The van der Waals surface area contributed by atoms with Gasteiger partial charge in [-0.3, -0.25) is 0 Å². The summed E-state index contributed by atoms with van der Waals surface area (Å²) >= 11 is 4.83. The fraction of sp³-hybridized carbons (Fsp3) is 0.111. The van der Waals surface area contributed by atoms with Crippen molar-refractivity contribution in [2.24, 2.45) is 0 Å². The molecule has 0 aliphatic carbocycles. The van der Waals surface area contributed by atoms with E-state index < -0.39 is 24.0 Å². The summed E-state index contributed by atoms with van der Waals surface area (Å²) in [5, 5.41) is 0. The highest BCUT2D eigenvalue weighted by molar-refractivity contribution is 6.61. The maximum absolute atomic E-state index is 12.5. The highest BCUT2D eigenvalue weighted by Gasteiger charge is 2.07. The van der Waals surface area contributed by atoms with Crippen molar-refractivity contribution in [2.45, 2.75) is 0 Å². The number of hydrogen-bond acceptors (Lipinski definition) is 4. The maximum Gasteiger partial charge on any atom is 0.406 e. The second-order valence-electron chi connectivity index (χ2n) is 2.44. The molecule has 0 aliphatic rings. The molecule has 0 aromatic heterocycles. The molecule has 1 aromatic rings. The molecule has 1 rings (SSSR count). The smallest absolute Gasteiger partial charge is 0.406 e. The quantitative estimate of drug-likeness (QED) is 0.456. The van der Waals surface area contributed by atoms with Gasteiger partial charge in [-0.05, 0) is 24.3 Å². The topological polar surface area (TPSA) is 52.6 Å². The van der Waals surface area contributed by atoms with Crippen LogP contribution in [-0.4, -0.2) is 18.2 Å². The Morgan fingerprint density at radius 3 is 2.33 bits per heavy atom. The Morgan fingerprint density at radius 2 is 1.80 bits per heavy atom. The molecule has 0 atom stereocenters. The second-order valence-corrected chi connectivity index (χ2v) is 2.75. The predicted molar refractivity (Wildman–Crippen MR) is 49.0 cm³/mol. The number of benzene rings is 1. The van der Waals surface area contributed by atoms with Gasteiger partial charge in [0.15, 0.2) is 0 Å². The van der Waals surface area contributed by atoms with Crippen LogP contribution < -0.4 is 0 Å². The third kappa shape index (κ3) is 3.95. The molecular formula is C9H6ClFO4. The van der Waals surface area contributed by atoms with E-state index in [4.69, 9.17) is 11.6 Å². The van der Waals surface area contributed by atoms with Crippen molar-refractivity contribution in [1.29, 1.82) is 0 Å². The highest BCUT2D eigenvalue weighted by atomic mass is 35.5. The SMILES string of the molecule is O=C(Cl)OCOC(=O)c1ccc(F)cc1. The van der Waals surface area contributed by atoms with E-state index in [1.807, 2.05) is 0 Å². The Balaban J connectivity index is 2.47. The summed E-state index contributed by atoms with van der Waals surface area (Å²) in [7, 11) is 0. The molecule has 0 fully saturated rings. The van der Waals surface area contributed by atoms with Crippen LogP contribution in [0.1, 0.15) is 10.4 Å². The molecule has 0 amide bonds. The number of halogens is 2. The third-order valence-electron chi connectivity index (χ3n) is 1.44. The maximum atomic E-state index is 12.5. The number of carbonyl (C=O) groups is 2. The van der Waals surface area contributed by atoms with Crippen molar-refractivity contribution < 1.29 is 23.5 Å². The van der Waals surface area contributed by atoms with Gasteiger partial charge >= 0.3 is 11.4 Å². The molecule has 0 N–H and O–H groups in total. The van der Waals surface area contributed by atoms with E-state index in [2.05, 4.69) is 9.47 Å². The molecule has 80 valence electrons. The van der Waals surface area contributed by atoms with Gasteiger partial charge in [-0.1, -0.05) is 0 Å². The summed E-state index contributed by atoms with van der Waals surface area (Å²) in [5.74, 6) is -1.19. The molecule has 0 radical (unpaired) electrons.